The molecule has 0 amide bonds. The lowest BCUT2D eigenvalue weighted by Crippen LogP contribution is -2.21. The van der Waals surface area contributed by atoms with Crippen LogP contribution in [0.1, 0.15) is 36.0 Å². The van der Waals surface area contributed by atoms with Crippen LogP contribution >= 0.6 is 0 Å². The third kappa shape index (κ3) is 3.30. The Morgan fingerprint density at radius 2 is 1.92 bits per heavy atom. The van der Waals surface area contributed by atoms with Crippen LogP contribution in [-0.4, -0.2) is 26.6 Å². The minimum Gasteiger partial charge on any atom is -0.352 e. The number of hydrogen-bond acceptors (Lipinski definition) is 4. The van der Waals surface area contributed by atoms with Crippen molar-refractivity contribution in [3.8, 4) is 0 Å². The molecule has 2 aromatic heterocycles. The van der Waals surface area contributed by atoms with Crippen LogP contribution in [-0.2, 0) is 13.1 Å². The highest BCUT2D eigenvalue weighted by Crippen LogP contribution is 2.38. The highest BCUT2D eigenvalue weighted by molar-refractivity contribution is 5.37. The first-order valence-electron chi connectivity index (χ1n) is 8.37. The predicted molar refractivity (Wildman–Crippen MR) is 93.9 cm³/mol. The molecule has 1 aliphatic carbocycles. The van der Waals surface area contributed by atoms with Gasteiger partial charge in [-0.1, -0.05) is 30.3 Å². The molecule has 4 rings (SSSR count). The number of benzene rings is 1. The molecule has 0 spiro atoms. The van der Waals surface area contributed by atoms with Crippen LogP contribution in [0.15, 0.2) is 55.0 Å². The second-order valence-corrected chi connectivity index (χ2v) is 6.36. The molecule has 1 aliphatic rings. The van der Waals surface area contributed by atoms with Crippen LogP contribution in [0.2, 0.25) is 0 Å². The van der Waals surface area contributed by atoms with Crippen LogP contribution in [0.3, 0.4) is 0 Å². The summed E-state index contributed by atoms with van der Waals surface area (Å²) in [6.45, 7) is 1.56. The average Bonchev–Trinajstić information content (AvgIpc) is 3.39. The van der Waals surface area contributed by atoms with Gasteiger partial charge in [-0.25, -0.2) is 15.0 Å². The molecule has 0 N–H and O–H groups in total. The summed E-state index contributed by atoms with van der Waals surface area (Å²) in [5, 5.41) is 0. The van der Waals surface area contributed by atoms with Gasteiger partial charge >= 0.3 is 0 Å². The third-order valence-corrected chi connectivity index (χ3v) is 4.37. The first-order chi connectivity index (χ1) is 11.8. The van der Waals surface area contributed by atoms with Crippen molar-refractivity contribution in [3.63, 3.8) is 0 Å². The zero-order chi connectivity index (χ0) is 16.4. The standard InChI is InChI=1S/C19H21N5/c1-23(17-9-10-21-19(22-17)16-7-8-16)14-18-20-11-12-24(18)13-15-5-3-2-4-6-15/h2-6,9-12,16H,7-8,13-14H2,1H3. The summed E-state index contributed by atoms with van der Waals surface area (Å²) in [5.41, 5.74) is 1.28. The Balaban J connectivity index is 1.49. The van der Waals surface area contributed by atoms with Gasteiger partial charge in [0.15, 0.2) is 0 Å². The van der Waals surface area contributed by atoms with Crippen molar-refractivity contribution in [1.29, 1.82) is 0 Å². The van der Waals surface area contributed by atoms with Crippen molar-refractivity contribution in [3.05, 3.63) is 72.2 Å². The van der Waals surface area contributed by atoms with E-state index in [-0.39, 0.29) is 0 Å². The number of anilines is 1. The van der Waals surface area contributed by atoms with E-state index in [9.17, 15) is 0 Å². The lowest BCUT2D eigenvalue weighted by Gasteiger charge is -2.19. The topological polar surface area (TPSA) is 46.8 Å². The summed E-state index contributed by atoms with van der Waals surface area (Å²) in [4.78, 5) is 15.8. The molecule has 2 heterocycles. The zero-order valence-corrected chi connectivity index (χ0v) is 13.8. The van der Waals surface area contributed by atoms with Gasteiger partial charge in [0.2, 0.25) is 0 Å². The van der Waals surface area contributed by atoms with Gasteiger partial charge in [0.05, 0.1) is 6.54 Å². The van der Waals surface area contributed by atoms with E-state index in [0.29, 0.717) is 5.92 Å². The second-order valence-electron chi connectivity index (χ2n) is 6.36. The molecule has 0 aliphatic heterocycles. The number of aromatic nitrogens is 4. The van der Waals surface area contributed by atoms with E-state index in [1.807, 2.05) is 30.7 Å². The fourth-order valence-corrected chi connectivity index (χ4v) is 2.82. The van der Waals surface area contributed by atoms with Gasteiger partial charge in [-0.05, 0) is 24.5 Å². The van der Waals surface area contributed by atoms with E-state index in [1.165, 1.54) is 18.4 Å². The van der Waals surface area contributed by atoms with Crippen molar-refractivity contribution < 1.29 is 0 Å². The summed E-state index contributed by atoms with van der Waals surface area (Å²) in [7, 11) is 2.06. The first kappa shape index (κ1) is 14.9. The molecule has 1 fully saturated rings. The van der Waals surface area contributed by atoms with Gasteiger partial charge in [-0.15, -0.1) is 0 Å². The average molecular weight is 319 g/mol. The number of nitrogens with zero attached hydrogens (tertiary/aromatic N) is 5. The van der Waals surface area contributed by atoms with Crippen molar-refractivity contribution in [1.82, 2.24) is 19.5 Å². The van der Waals surface area contributed by atoms with Crippen molar-refractivity contribution in [2.75, 3.05) is 11.9 Å². The minimum absolute atomic E-state index is 0.568. The lowest BCUT2D eigenvalue weighted by atomic mass is 10.2. The molecular formula is C19H21N5. The molecule has 0 atom stereocenters. The van der Waals surface area contributed by atoms with Crippen LogP contribution in [0.5, 0.6) is 0 Å². The molecule has 0 bridgehead atoms. The van der Waals surface area contributed by atoms with E-state index in [2.05, 4.69) is 50.7 Å². The van der Waals surface area contributed by atoms with Gasteiger partial charge in [0.1, 0.15) is 17.5 Å². The Morgan fingerprint density at radius 1 is 1.08 bits per heavy atom. The Morgan fingerprint density at radius 3 is 2.71 bits per heavy atom. The molecule has 3 aromatic rings. The molecular weight excluding hydrogens is 298 g/mol. The Kier molecular flexibility index (Phi) is 3.99. The van der Waals surface area contributed by atoms with Crippen LogP contribution in [0.25, 0.3) is 0 Å². The highest BCUT2D eigenvalue weighted by atomic mass is 15.2. The summed E-state index contributed by atoms with van der Waals surface area (Å²) in [5.74, 6) is 3.54. The summed E-state index contributed by atoms with van der Waals surface area (Å²) in [6, 6.07) is 12.4. The van der Waals surface area contributed by atoms with Crippen LogP contribution < -0.4 is 4.90 Å². The summed E-state index contributed by atoms with van der Waals surface area (Å²) >= 11 is 0. The predicted octanol–water partition coefficient (Wildman–Crippen LogP) is 3.24. The maximum Gasteiger partial charge on any atom is 0.133 e. The molecule has 24 heavy (non-hydrogen) atoms. The van der Waals surface area contributed by atoms with Gasteiger partial charge in [0, 0.05) is 38.1 Å². The highest BCUT2D eigenvalue weighted by Gasteiger charge is 2.26. The molecule has 0 unspecified atom stereocenters. The zero-order valence-electron chi connectivity index (χ0n) is 13.8. The SMILES string of the molecule is CN(Cc1nccn1Cc1ccccc1)c1ccnc(C2CC2)n1. The summed E-state index contributed by atoms with van der Waals surface area (Å²) < 4.78 is 2.19. The van der Waals surface area contributed by atoms with Gasteiger partial charge in [-0.3, -0.25) is 0 Å². The van der Waals surface area contributed by atoms with Crippen molar-refractivity contribution in [2.24, 2.45) is 0 Å². The molecule has 5 heteroatoms. The maximum absolute atomic E-state index is 4.71. The van der Waals surface area contributed by atoms with Gasteiger partial charge in [-0.2, -0.15) is 0 Å². The fourth-order valence-electron chi connectivity index (χ4n) is 2.82. The molecule has 1 saturated carbocycles. The normalized spacial score (nSPS) is 13.9. The first-order valence-corrected chi connectivity index (χ1v) is 8.37. The van der Waals surface area contributed by atoms with Crippen LogP contribution in [0.4, 0.5) is 5.82 Å². The molecule has 0 saturated heterocycles. The Labute approximate surface area is 142 Å². The molecule has 5 nitrogen and oxygen atoms in total. The molecule has 0 radical (unpaired) electrons. The van der Waals surface area contributed by atoms with E-state index in [4.69, 9.17) is 4.98 Å². The smallest absolute Gasteiger partial charge is 0.133 e. The van der Waals surface area contributed by atoms with E-state index in [0.717, 1.165) is 30.6 Å². The number of imidazole rings is 1. The van der Waals surface area contributed by atoms with Crippen LogP contribution in [0, 0.1) is 0 Å². The minimum atomic E-state index is 0.568. The van der Waals surface area contributed by atoms with E-state index >= 15 is 0 Å². The monoisotopic (exact) mass is 319 g/mol. The van der Waals surface area contributed by atoms with Crippen molar-refractivity contribution in [2.45, 2.75) is 31.8 Å². The lowest BCUT2D eigenvalue weighted by molar-refractivity contribution is 0.702. The summed E-state index contributed by atoms with van der Waals surface area (Å²) in [6.07, 6.45) is 8.19. The maximum atomic E-state index is 4.71. The van der Waals surface area contributed by atoms with Crippen molar-refractivity contribution >= 4 is 5.82 Å². The number of rotatable bonds is 6. The Hall–Kier alpha value is -2.69. The third-order valence-electron chi connectivity index (χ3n) is 4.37. The second kappa shape index (κ2) is 6.43. The largest absolute Gasteiger partial charge is 0.352 e. The fraction of sp³-hybridized carbons (Fsp3) is 0.316. The van der Waals surface area contributed by atoms with Gasteiger partial charge in [0.25, 0.3) is 0 Å². The quantitative estimate of drug-likeness (QED) is 0.700. The number of hydrogen-bond donors (Lipinski definition) is 0. The van der Waals surface area contributed by atoms with E-state index < -0.39 is 0 Å². The Bertz CT molecular complexity index is 807. The van der Waals surface area contributed by atoms with E-state index in [1.54, 1.807) is 0 Å². The van der Waals surface area contributed by atoms with Gasteiger partial charge < -0.3 is 9.47 Å². The molecule has 1 aromatic carbocycles. The molecule has 122 valence electrons.